The molecule has 0 fully saturated rings. The maximum absolute atomic E-state index is 9.49. The molecule has 0 aliphatic heterocycles. The van der Waals surface area contributed by atoms with Crippen molar-refractivity contribution in [3.05, 3.63) is 34.4 Å². The zero-order chi connectivity index (χ0) is 11.4. The summed E-state index contributed by atoms with van der Waals surface area (Å²) in [4.78, 5) is 0. The molecule has 1 aromatic carbocycles. The first kappa shape index (κ1) is 11.3. The molecule has 1 unspecified atom stereocenters. The maximum atomic E-state index is 9.49. The van der Waals surface area contributed by atoms with Crippen LogP contribution in [0.25, 0.3) is 0 Å². The highest BCUT2D eigenvalue weighted by molar-refractivity contribution is 5.51. The number of hydrogen-bond acceptors (Lipinski definition) is 2. The Morgan fingerprint density at radius 2 is 1.87 bits per heavy atom. The fourth-order valence-electron chi connectivity index (χ4n) is 1.40. The van der Waals surface area contributed by atoms with Gasteiger partial charge in [-0.3, -0.25) is 0 Å². The van der Waals surface area contributed by atoms with E-state index in [9.17, 15) is 5.11 Å². The van der Waals surface area contributed by atoms with Gasteiger partial charge in [-0.05, 0) is 30.2 Å². The van der Waals surface area contributed by atoms with Gasteiger partial charge in [-0.1, -0.05) is 11.8 Å². The molecule has 0 radical (unpaired) electrons. The van der Waals surface area contributed by atoms with Crippen LogP contribution in [0.15, 0.2) is 12.1 Å². The normalized spacial score (nSPS) is 11.5. The Kier molecular flexibility index (Phi) is 3.52. The number of rotatable bonds is 2. The molecule has 0 saturated heterocycles. The summed E-state index contributed by atoms with van der Waals surface area (Å²) in [5.41, 5.74) is 2.35. The van der Waals surface area contributed by atoms with Crippen molar-refractivity contribution in [1.82, 2.24) is 0 Å². The minimum atomic E-state index is -0.670. The summed E-state index contributed by atoms with van der Waals surface area (Å²) in [6, 6.07) is 3.28. The number of aliphatic hydroxyl groups is 2. The van der Waals surface area contributed by atoms with Gasteiger partial charge in [0.05, 0.1) is 12.7 Å². The van der Waals surface area contributed by atoms with E-state index in [1.807, 2.05) is 0 Å². The quantitative estimate of drug-likeness (QED) is 0.704. The molecular formula is C13H12O2. The Morgan fingerprint density at radius 1 is 1.27 bits per heavy atom. The molecule has 1 aromatic rings. The minimum Gasteiger partial charge on any atom is -0.392 e. The number of hydrogen-bond donors (Lipinski definition) is 2. The molecule has 0 heterocycles. The molecule has 1 atom stereocenters. The second-order valence-corrected chi connectivity index (χ2v) is 3.22. The van der Waals surface area contributed by atoms with Crippen molar-refractivity contribution in [1.29, 1.82) is 0 Å². The van der Waals surface area contributed by atoms with E-state index < -0.39 is 6.10 Å². The third-order valence-corrected chi connectivity index (χ3v) is 2.21. The Labute approximate surface area is 89.6 Å². The molecule has 0 aliphatic carbocycles. The van der Waals surface area contributed by atoms with E-state index in [0.717, 1.165) is 0 Å². The summed E-state index contributed by atoms with van der Waals surface area (Å²) >= 11 is 0. The molecule has 1 rings (SSSR count). The van der Waals surface area contributed by atoms with Gasteiger partial charge in [-0.15, -0.1) is 12.8 Å². The van der Waals surface area contributed by atoms with Crippen molar-refractivity contribution in [2.45, 2.75) is 19.6 Å². The molecule has 0 saturated carbocycles. The molecule has 0 bridgehead atoms. The van der Waals surface area contributed by atoms with E-state index in [2.05, 4.69) is 11.8 Å². The largest absolute Gasteiger partial charge is 0.392 e. The fraction of sp³-hybridized carbons (Fsp3) is 0.231. The van der Waals surface area contributed by atoms with Crippen LogP contribution in [0, 0.1) is 24.7 Å². The fourth-order valence-corrected chi connectivity index (χ4v) is 1.40. The third-order valence-electron chi connectivity index (χ3n) is 2.21. The van der Waals surface area contributed by atoms with E-state index in [0.29, 0.717) is 22.3 Å². The SMILES string of the molecule is C#Cc1cc(C(C)O)c(C#C)cc1CO. The molecule has 2 N–H and O–H groups in total. The lowest BCUT2D eigenvalue weighted by Gasteiger charge is -2.11. The first-order valence-electron chi connectivity index (χ1n) is 4.53. The average Bonchev–Trinajstić information content (AvgIpc) is 2.26. The zero-order valence-corrected chi connectivity index (χ0v) is 8.49. The Balaban J connectivity index is 3.44. The van der Waals surface area contributed by atoms with Crippen LogP contribution in [0.4, 0.5) is 0 Å². The topological polar surface area (TPSA) is 40.5 Å². The van der Waals surface area contributed by atoms with Gasteiger partial charge in [0, 0.05) is 11.1 Å². The summed E-state index contributed by atoms with van der Waals surface area (Å²) < 4.78 is 0. The number of benzene rings is 1. The summed E-state index contributed by atoms with van der Waals surface area (Å²) in [5, 5.41) is 18.6. The van der Waals surface area contributed by atoms with E-state index in [1.165, 1.54) is 0 Å². The van der Waals surface area contributed by atoms with Gasteiger partial charge >= 0.3 is 0 Å². The van der Waals surface area contributed by atoms with Crippen LogP contribution >= 0.6 is 0 Å². The number of aliphatic hydroxyl groups excluding tert-OH is 2. The predicted octanol–water partition coefficient (Wildman–Crippen LogP) is 1.19. The summed E-state index contributed by atoms with van der Waals surface area (Å²) in [6.45, 7) is 1.46. The van der Waals surface area contributed by atoms with Crippen molar-refractivity contribution >= 4 is 0 Å². The second kappa shape index (κ2) is 4.66. The highest BCUT2D eigenvalue weighted by Crippen LogP contribution is 2.22. The predicted molar refractivity (Wildman–Crippen MR) is 58.9 cm³/mol. The maximum Gasteiger partial charge on any atom is 0.0774 e. The Bertz CT molecular complexity index is 445. The van der Waals surface area contributed by atoms with Crippen LogP contribution in [0.5, 0.6) is 0 Å². The van der Waals surface area contributed by atoms with Crippen LogP contribution in [0.2, 0.25) is 0 Å². The summed E-state index contributed by atoms with van der Waals surface area (Å²) in [5.74, 6) is 4.92. The van der Waals surface area contributed by atoms with Crippen LogP contribution in [-0.4, -0.2) is 10.2 Å². The molecule has 0 amide bonds. The Hall–Kier alpha value is -1.74. The zero-order valence-electron chi connectivity index (χ0n) is 8.49. The van der Waals surface area contributed by atoms with Crippen LogP contribution < -0.4 is 0 Å². The summed E-state index contributed by atoms with van der Waals surface area (Å²) in [7, 11) is 0. The van der Waals surface area contributed by atoms with Crippen molar-refractivity contribution < 1.29 is 10.2 Å². The molecule has 0 aliphatic rings. The smallest absolute Gasteiger partial charge is 0.0774 e. The van der Waals surface area contributed by atoms with Gasteiger partial charge < -0.3 is 10.2 Å². The third kappa shape index (κ3) is 2.19. The van der Waals surface area contributed by atoms with Crippen molar-refractivity contribution in [3.63, 3.8) is 0 Å². The van der Waals surface area contributed by atoms with E-state index in [1.54, 1.807) is 19.1 Å². The van der Waals surface area contributed by atoms with Gasteiger partial charge in [0.2, 0.25) is 0 Å². The molecule has 76 valence electrons. The van der Waals surface area contributed by atoms with E-state index in [-0.39, 0.29) is 6.61 Å². The van der Waals surface area contributed by atoms with Crippen molar-refractivity contribution in [3.8, 4) is 24.7 Å². The number of terminal acetylenes is 2. The standard InChI is InChI=1S/C13H12O2/c1-4-10-7-13(9(3)15)11(5-2)6-12(10)8-14/h1-2,6-7,9,14-15H,8H2,3H3. The first-order chi connectivity index (χ1) is 7.13. The molecule has 0 spiro atoms. The lowest BCUT2D eigenvalue weighted by Crippen LogP contribution is -2.00. The lowest BCUT2D eigenvalue weighted by atomic mass is 9.96. The Morgan fingerprint density at radius 3 is 2.27 bits per heavy atom. The monoisotopic (exact) mass is 200 g/mol. The molecule has 0 aromatic heterocycles. The molecule has 2 heteroatoms. The molecule has 2 nitrogen and oxygen atoms in total. The molecule has 15 heavy (non-hydrogen) atoms. The minimum absolute atomic E-state index is 0.158. The van der Waals surface area contributed by atoms with Gasteiger partial charge in [-0.25, -0.2) is 0 Å². The van der Waals surface area contributed by atoms with Crippen LogP contribution in [0.3, 0.4) is 0 Å². The van der Waals surface area contributed by atoms with Crippen LogP contribution in [-0.2, 0) is 6.61 Å². The second-order valence-electron chi connectivity index (χ2n) is 3.22. The van der Waals surface area contributed by atoms with Crippen molar-refractivity contribution in [2.75, 3.05) is 0 Å². The highest BCUT2D eigenvalue weighted by atomic mass is 16.3. The van der Waals surface area contributed by atoms with Crippen molar-refractivity contribution in [2.24, 2.45) is 0 Å². The lowest BCUT2D eigenvalue weighted by molar-refractivity contribution is 0.199. The van der Waals surface area contributed by atoms with Gasteiger partial charge in [0.1, 0.15) is 0 Å². The van der Waals surface area contributed by atoms with E-state index >= 15 is 0 Å². The van der Waals surface area contributed by atoms with Crippen LogP contribution in [0.1, 0.15) is 35.3 Å². The molecular weight excluding hydrogens is 188 g/mol. The van der Waals surface area contributed by atoms with Gasteiger partial charge in [0.25, 0.3) is 0 Å². The summed E-state index contributed by atoms with van der Waals surface area (Å²) in [6.07, 6.45) is 9.93. The van der Waals surface area contributed by atoms with Gasteiger partial charge in [0.15, 0.2) is 0 Å². The first-order valence-corrected chi connectivity index (χ1v) is 4.53. The van der Waals surface area contributed by atoms with Gasteiger partial charge in [-0.2, -0.15) is 0 Å². The van der Waals surface area contributed by atoms with E-state index in [4.69, 9.17) is 18.0 Å². The average molecular weight is 200 g/mol. The highest BCUT2D eigenvalue weighted by Gasteiger charge is 2.10.